The molecule has 0 spiro atoms. The number of benzene rings is 3. The van der Waals surface area contributed by atoms with E-state index in [9.17, 15) is 14.7 Å². The third-order valence-corrected chi connectivity index (χ3v) is 6.64. The minimum Gasteiger partial charge on any atom is -0.504 e. The van der Waals surface area contributed by atoms with E-state index < -0.39 is 12.2 Å². The largest absolute Gasteiger partial charge is 0.504 e. The van der Waals surface area contributed by atoms with Crippen LogP contribution in [-0.4, -0.2) is 30.5 Å². The Hall–Kier alpha value is -4.11. The standard InChI is InChI=1S/C29H33N3O5S/c1-19(8-4-7-11-27(34)32-24-10-6-5-9-23(24)30)28(20-12-17-26(36-2)25(33)18-20)37-29(35)31-21-13-15-22(38-3)16-14-21/h5-7,9-19,28,33H,4,8,30H2,1-3H3,(H,31,35)(H,32,34)/b11-7+/t19-,28-/m0/s1. The number of para-hydroxylation sites is 2. The quantitative estimate of drug-likeness (QED) is 0.124. The molecule has 0 radical (unpaired) electrons. The number of rotatable bonds is 11. The Labute approximate surface area is 227 Å². The Kier molecular flexibility index (Phi) is 10.5. The molecule has 0 aliphatic rings. The van der Waals surface area contributed by atoms with Crippen molar-refractivity contribution < 1.29 is 24.2 Å². The maximum Gasteiger partial charge on any atom is 0.412 e. The number of ether oxygens (including phenoxy) is 2. The smallest absolute Gasteiger partial charge is 0.412 e. The molecule has 0 saturated carbocycles. The van der Waals surface area contributed by atoms with Crippen molar-refractivity contribution in [2.45, 2.75) is 30.8 Å². The number of nitrogens with one attached hydrogen (secondary N) is 2. The van der Waals surface area contributed by atoms with Crippen LogP contribution in [0.25, 0.3) is 0 Å². The first-order chi connectivity index (χ1) is 18.3. The highest BCUT2D eigenvalue weighted by Crippen LogP contribution is 2.35. The van der Waals surface area contributed by atoms with Crippen LogP contribution < -0.4 is 21.1 Å². The van der Waals surface area contributed by atoms with Crippen LogP contribution in [0, 0.1) is 5.92 Å². The molecule has 0 aromatic heterocycles. The van der Waals surface area contributed by atoms with Gasteiger partial charge in [0.2, 0.25) is 5.91 Å². The molecule has 2 amide bonds. The topological polar surface area (TPSA) is 123 Å². The number of thioether (sulfide) groups is 1. The van der Waals surface area contributed by atoms with E-state index in [4.69, 9.17) is 15.2 Å². The molecule has 200 valence electrons. The number of phenols is 1. The molecule has 0 unspecified atom stereocenters. The van der Waals surface area contributed by atoms with E-state index in [1.54, 1.807) is 54.2 Å². The molecule has 5 N–H and O–H groups in total. The van der Waals surface area contributed by atoms with E-state index >= 15 is 0 Å². The summed E-state index contributed by atoms with van der Waals surface area (Å²) in [7, 11) is 1.47. The van der Waals surface area contributed by atoms with Gasteiger partial charge in [-0.25, -0.2) is 4.79 Å². The lowest BCUT2D eigenvalue weighted by atomic mass is 9.92. The number of hydrogen-bond donors (Lipinski definition) is 4. The van der Waals surface area contributed by atoms with Gasteiger partial charge in [0.1, 0.15) is 6.10 Å². The number of phenolic OH excluding ortho intramolecular Hbond substituents is 1. The SMILES string of the molecule is COc1ccc([C@@H](OC(=O)Nc2ccc(SC)cc2)[C@@H](C)CC/C=C/C(=O)Nc2ccccc2N)cc1O. The van der Waals surface area contributed by atoms with E-state index in [0.29, 0.717) is 41.2 Å². The minimum atomic E-state index is -0.649. The number of nitrogen functional groups attached to an aromatic ring is 1. The molecular weight excluding hydrogens is 502 g/mol. The van der Waals surface area contributed by atoms with Crippen LogP contribution >= 0.6 is 11.8 Å². The average Bonchev–Trinajstić information content (AvgIpc) is 2.91. The first-order valence-electron chi connectivity index (χ1n) is 12.1. The zero-order valence-electron chi connectivity index (χ0n) is 21.6. The maximum atomic E-state index is 12.8. The summed E-state index contributed by atoms with van der Waals surface area (Å²) in [6.45, 7) is 1.95. The number of carbonyl (C=O) groups is 2. The highest BCUT2D eigenvalue weighted by atomic mass is 32.2. The molecule has 38 heavy (non-hydrogen) atoms. The third-order valence-electron chi connectivity index (χ3n) is 5.90. The van der Waals surface area contributed by atoms with Crippen molar-refractivity contribution in [2.75, 3.05) is 29.7 Å². The van der Waals surface area contributed by atoms with E-state index in [1.807, 2.05) is 37.4 Å². The van der Waals surface area contributed by atoms with Gasteiger partial charge in [-0.05, 0) is 85.2 Å². The molecule has 2 atom stereocenters. The first-order valence-corrected chi connectivity index (χ1v) is 13.3. The Morgan fingerprint density at radius 2 is 1.82 bits per heavy atom. The van der Waals surface area contributed by atoms with E-state index in [0.717, 1.165) is 4.90 Å². The second-order valence-electron chi connectivity index (χ2n) is 8.64. The fourth-order valence-corrected chi connectivity index (χ4v) is 4.23. The summed E-state index contributed by atoms with van der Waals surface area (Å²) in [6, 6.07) is 19.4. The van der Waals surface area contributed by atoms with E-state index in [2.05, 4.69) is 10.6 Å². The number of amides is 2. The van der Waals surface area contributed by atoms with Crippen LogP contribution in [0.5, 0.6) is 11.5 Å². The number of nitrogens with two attached hydrogens (primary N) is 1. The van der Waals surface area contributed by atoms with Gasteiger partial charge in [0.15, 0.2) is 11.5 Å². The fourth-order valence-electron chi connectivity index (χ4n) is 3.82. The van der Waals surface area contributed by atoms with Crippen molar-refractivity contribution >= 4 is 40.8 Å². The van der Waals surface area contributed by atoms with Crippen LogP contribution in [-0.2, 0) is 9.53 Å². The predicted molar refractivity (Wildman–Crippen MR) is 153 cm³/mol. The molecule has 0 heterocycles. The summed E-state index contributed by atoms with van der Waals surface area (Å²) in [5.74, 6) is -0.137. The van der Waals surface area contributed by atoms with Gasteiger partial charge in [0, 0.05) is 10.6 Å². The molecule has 0 aliphatic carbocycles. The molecule has 0 fully saturated rings. The number of anilines is 3. The van der Waals surface area contributed by atoms with Gasteiger partial charge in [0.25, 0.3) is 0 Å². The highest BCUT2D eigenvalue weighted by Gasteiger charge is 2.24. The summed E-state index contributed by atoms with van der Waals surface area (Å²) >= 11 is 1.61. The van der Waals surface area contributed by atoms with Gasteiger partial charge in [0.05, 0.1) is 18.5 Å². The van der Waals surface area contributed by atoms with Gasteiger partial charge >= 0.3 is 6.09 Å². The summed E-state index contributed by atoms with van der Waals surface area (Å²) in [5.41, 5.74) is 8.16. The minimum absolute atomic E-state index is 0.0457. The van der Waals surface area contributed by atoms with Crippen LogP contribution in [0.1, 0.15) is 31.4 Å². The molecule has 3 aromatic rings. The van der Waals surface area contributed by atoms with Gasteiger partial charge in [-0.3, -0.25) is 10.1 Å². The fraction of sp³-hybridized carbons (Fsp3) is 0.241. The molecule has 9 heteroatoms. The van der Waals surface area contributed by atoms with Gasteiger partial charge in [-0.15, -0.1) is 11.8 Å². The third kappa shape index (κ3) is 8.21. The first kappa shape index (κ1) is 28.5. The number of carbonyl (C=O) groups excluding carboxylic acids is 2. The molecular formula is C29H33N3O5S. The average molecular weight is 536 g/mol. The van der Waals surface area contributed by atoms with E-state index in [-0.39, 0.29) is 17.6 Å². The van der Waals surface area contributed by atoms with Crippen molar-refractivity contribution in [1.29, 1.82) is 0 Å². The second-order valence-corrected chi connectivity index (χ2v) is 9.52. The Balaban J connectivity index is 1.66. The van der Waals surface area contributed by atoms with Gasteiger partial charge in [-0.1, -0.05) is 31.2 Å². The predicted octanol–water partition coefficient (Wildman–Crippen LogP) is 6.61. The Bertz CT molecular complexity index is 1260. The maximum absolute atomic E-state index is 12.8. The van der Waals surface area contributed by atoms with Crippen molar-refractivity contribution in [3.8, 4) is 11.5 Å². The monoisotopic (exact) mass is 535 g/mol. The number of allylic oxidation sites excluding steroid dienone is 1. The molecule has 8 nitrogen and oxygen atoms in total. The Morgan fingerprint density at radius 1 is 1.08 bits per heavy atom. The molecule has 0 bridgehead atoms. The van der Waals surface area contributed by atoms with Crippen LogP contribution in [0.4, 0.5) is 21.9 Å². The lowest BCUT2D eigenvalue weighted by Crippen LogP contribution is -2.22. The summed E-state index contributed by atoms with van der Waals surface area (Å²) in [6.07, 6.45) is 5.13. The van der Waals surface area contributed by atoms with Gasteiger partial charge < -0.3 is 25.6 Å². The lowest BCUT2D eigenvalue weighted by Gasteiger charge is -2.25. The molecule has 0 aliphatic heterocycles. The van der Waals surface area contributed by atoms with E-state index in [1.165, 1.54) is 19.3 Å². The summed E-state index contributed by atoms with van der Waals surface area (Å²) < 4.78 is 11.0. The zero-order valence-corrected chi connectivity index (χ0v) is 22.5. The lowest BCUT2D eigenvalue weighted by molar-refractivity contribution is -0.111. The van der Waals surface area contributed by atoms with Crippen LogP contribution in [0.15, 0.2) is 83.8 Å². The van der Waals surface area contributed by atoms with Crippen LogP contribution in [0.3, 0.4) is 0 Å². The highest BCUT2D eigenvalue weighted by molar-refractivity contribution is 7.98. The van der Waals surface area contributed by atoms with Crippen LogP contribution in [0.2, 0.25) is 0 Å². The molecule has 3 rings (SSSR count). The van der Waals surface area contributed by atoms with Crippen molar-refractivity contribution in [3.05, 3.63) is 84.4 Å². The summed E-state index contributed by atoms with van der Waals surface area (Å²) in [5, 5.41) is 15.8. The molecule has 3 aromatic carbocycles. The molecule has 0 saturated heterocycles. The zero-order chi connectivity index (χ0) is 27.5. The Morgan fingerprint density at radius 3 is 2.47 bits per heavy atom. The number of aromatic hydroxyl groups is 1. The van der Waals surface area contributed by atoms with Gasteiger partial charge in [-0.2, -0.15) is 0 Å². The second kappa shape index (κ2) is 14.0. The van der Waals surface area contributed by atoms with Crippen molar-refractivity contribution in [1.82, 2.24) is 0 Å². The van der Waals surface area contributed by atoms with Crippen molar-refractivity contribution in [2.24, 2.45) is 5.92 Å². The normalized spacial score (nSPS) is 12.5. The number of hydrogen-bond acceptors (Lipinski definition) is 7. The summed E-state index contributed by atoms with van der Waals surface area (Å²) in [4.78, 5) is 26.1. The number of methoxy groups -OCH3 is 1. The van der Waals surface area contributed by atoms with Crippen molar-refractivity contribution in [3.63, 3.8) is 0 Å².